The van der Waals surface area contributed by atoms with Gasteiger partial charge in [-0.15, -0.1) is 22.7 Å². The summed E-state index contributed by atoms with van der Waals surface area (Å²) >= 11 is 3.71. The van der Waals surface area contributed by atoms with Crippen LogP contribution in [-0.2, 0) is 0 Å². The zero-order valence-corrected chi connectivity index (χ0v) is 32.7. The molecule has 0 radical (unpaired) electrons. The Labute approximate surface area is 340 Å². The monoisotopic (exact) mass is 773 g/mol. The highest BCUT2D eigenvalue weighted by Gasteiger charge is 2.20. The molecule has 0 atom stereocenters. The number of hydrogen-bond donors (Lipinski definition) is 0. The Bertz CT molecular complexity index is 3570. The molecule has 5 aromatic heterocycles. The summed E-state index contributed by atoms with van der Waals surface area (Å²) < 4.78 is 10.0. The van der Waals surface area contributed by atoms with Gasteiger partial charge in [-0.1, -0.05) is 103 Å². The molecule has 0 spiro atoms. The molecule has 5 heteroatoms. The van der Waals surface area contributed by atoms with E-state index in [1.807, 2.05) is 22.7 Å². The molecule has 0 N–H and O–H groups in total. The van der Waals surface area contributed by atoms with E-state index in [0.717, 1.165) is 33.8 Å². The van der Waals surface area contributed by atoms with E-state index < -0.39 is 0 Å². The highest BCUT2D eigenvalue weighted by molar-refractivity contribution is 7.26. The summed E-state index contributed by atoms with van der Waals surface area (Å²) in [5.41, 5.74) is 10.3. The fourth-order valence-corrected chi connectivity index (χ4v) is 11.5. The Kier molecular flexibility index (Phi) is 6.76. The average molecular weight is 774 g/mol. The Morgan fingerprint density at radius 2 is 0.845 bits per heavy atom. The van der Waals surface area contributed by atoms with E-state index in [1.165, 1.54) is 84.0 Å². The van der Waals surface area contributed by atoms with Gasteiger partial charge in [-0.25, -0.2) is 4.98 Å². The lowest BCUT2D eigenvalue weighted by Crippen LogP contribution is -1.99. The lowest BCUT2D eigenvalue weighted by Gasteiger charge is -2.12. The second-order valence-electron chi connectivity index (χ2n) is 15.1. The van der Waals surface area contributed by atoms with Crippen molar-refractivity contribution in [3.63, 3.8) is 0 Å². The topological polar surface area (TPSA) is 22.8 Å². The highest BCUT2D eigenvalue weighted by atomic mass is 32.1. The summed E-state index contributed by atoms with van der Waals surface area (Å²) in [6.45, 7) is 0. The Hall–Kier alpha value is -7.05. The molecule has 0 unspecified atom stereocenters. The first-order valence-corrected chi connectivity index (χ1v) is 21.2. The number of aromatic nitrogens is 3. The van der Waals surface area contributed by atoms with Crippen molar-refractivity contribution >= 4 is 107 Å². The third-order valence-corrected chi connectivity index (χ3v) is 14.2. The molecule has 0 saturated heterocycles. The number of thiophene rings is 2. The van der Waals surface area contributed by atoms with Crippen LogP contribution in [-0.4, -0.2) is 14.1 Å². The van der Waals surface area contributed by atoms with Gasteiger partial charge in [-0.2, -0.15) is 0 Å². The van der Waals surface area contributed by atoms with E-state index in [9.17, 15) is 0 Å². The van der Waals surface area contributed by atoms with Crippen LogP contribution in [0.15, 0.2) is 188 Å². The summed E-state index contributed by atoms with van der Waals surface area (Å²) in [6, 6.07) is 68.9. The highest BCUT2D eigenvalue weighted by Crippen LogP contribution is 2.42. The Morgan fingerprint density at radius 1 is 0.310 bits per heavy atom. The predicted octanol–water partition coefficient (Wildman–Crippen LogP) is 15.3. The van der Waals surface area contributed by atoms with Crippen LogP contribution in [0.2, 0.25) is 0 Å². The van der Waals surface area contributed by atoms with Crippen molar-refractivity contribution in [3.8, 4) is 33.9 Å². The zero-order chi connectivity index (χ0) is 37.9. The van der Waals surface area contributed by atoms with Gasteiger partial charge < -0.3 is 4.57 Å². The first-order chi connectivity index (χ1) is 28.7. The maximum Gasteiger partial charge on any atom is 0.138 e. The van der Waals surface area contributed by atoms with E-state index in [2.05, 4.69) is 197 Å². The summed E-state index contributed by atoms with van der Waals surface area (Å²) in [5.74, 6) is 0.902. The molecule has 0 saturated carbocycles. The van der Waals surface area contributed by atoms with Crippen molar-refractivity contribution < 1.29 is 0 Å². The molecule has 270 valence electrons. The summed E-state index contributed by atoms with van der Waals surface area (Å²) in [5, 5.41) is 10.1. The van der Waals surface area contributed by atoms with Crippen LogP contribution in [0.3, 0.4) is 0 Å². The van der Waals surface area contributed by atoms with Gasteiger partial charge in [0.05, 0.1) is 27.8 Å². The van der Waals surface area contributed by atoms with Crippen molar-refractivity contribution in [3.05, 3.63) is 188 Å². The van der Waals surface area contributed by atoms with Crippen LogP contribution in [0.1, 0.15) is 0 Å². The molecule has 58 heavy (non-hydrogen) atoms. The summed E-state index contributed by atoms with van der Waals surface area (Å²) in [7, 11) is 0. The summed E-state index contributed by atoms with van der Waals surface area (Å²) in [6.07, 6.45) is 0. The van der Waals surface area contributed by atoms with Crippen molar-refractivity contribution in [2.45, 2.75) is 0 Å². The molecule has 0 amide bonds. The summed E-state index contributed by atoms with van der Waals surface area (Å²) in [4.78, 5) is 5.40. The third kappa shape index (κ3) is 4.69. The molecule has 0 aliphatic carbocycles. The maximum absolute atomic E-state index is 5.40. The molecule has 13 rings (SSSR count). The van der Waals surface area contributed by atoms with Crippen molar-refractivity contribution in [2.24, 2.45) is 0 Å². The van der Waals surface area contributed by atoms with Crippen LogP contribution in [0.4, 0.5) is 0 Å². The van der Waals surface area contributed by atoms with Crippen LogP contribution >= 0.6 is 22.7 Å². The molecular formula is C53H31N3S2. The van der Waals surface area contributed by atoms with Gasteiger partial charge in [0.25, 0.3) is 0 Å². The second kappa shape index (κ2) is 12.2. The minimum Gasteiger partial charge on any atom is -0.309 e. The van der Waals surface area contributed by atoms with Crippen molar-refractivity contribution in [1.82, 2.24) is 14.1 Å². The zero-order valence-electron chi connectivity index (χ0n) is 31.1. The van der Waals surface area contributed by atoms with E-state index in [-0.39, 0.29) is 0 Å². The first kappa shape index (κ1) is 32.1. The molecule has 3 nitrogen and oxygen atoms in total. The largest absolute Gasteiger partial charge is 0.309 e. The minimum atomic E-state index is 0.902. The normalized spacial score (nSPS) is 12.1. The molecule has 0 bridgehead atoms. The number of hydrogen-bond acceptors (Lipinski definition) is 3. The third-order valence-electron chi connectivity index (χ3n) is 11.9. The van der Waals surface area contributed by atoms with E-state index in [1.54, 1.807) is 0 Å². The molecular weight excluding hydrogens is 743 g/mol. The molecule has 0 fully saturated rings. The quantitative estimate of drug-likeness (QED) is 0.175. The maximum atomic E-state index is 5.40. The van der Waals surface area contributed by atoms with Crippen molar-refractivity contribution in [1.29, 1.82) is 0 Å². The number of pyridine rings is 1. The number of nitrogens with zero attached hydrogens (tertiary/aromatic N) is 3. The Morgan fingerprint density at radius 3 is 1.55 bits per heavy atom. The molecule has 0 aliphatic rings. The number of fused-ring (bicyclic) bond motifs is 12. The van der Waals surface area contributed by atoms with Gasteiger partial charge >= 0.3 is 0 Å². The molecule has 8 aromatic carbocycles. The van der Waals surface area contributed by atoms with Gasteiger partial charge in [-0.05, 0) is 96.1 Å². The number of para-hydroxylation sites is 2. The van der Waals surface area contributed by atoms with Gasteiger partial charge in [0.2, 0.25) is 0 Å². The molecule has 13 aromatic rings. The first-order valence-electron chi connectivity index (χ1n) is 19.6. The van der Waals surface area contributed by atoms with Gasteiger partial charge in [0, 0.05) is 73.1 Å². The standard InChI is InChI=1S/C53H31N3S2/c1-5-18-45-36(13-1)40-30-41-37-14-2-6-19-46(37)56(53-22-10-17-44(54-53)34-24-26-52-43(29-34)39-16-4-8-21-50(39)58-52)48(41)31-47(40)55(45)35-12-9-11-32(27-35)33-23-25-51-42(28-33)38-15-3-7-20-49(38)57-51/h1-31H. The smallest absolute Gasteiger partial charge is 0.138 e. The SMILES string of the molecule is c1cc(-c2ccc3sc4ccccc4c3c2)cc(-n2c3ccccc3c3cc4c5ccccc5n(-c5cccc(-c6ccc7sc8ccccc8c7c6)n5)c4cc32)c1. The second-order valence-corrected chi connectivity index (χ2v) is 17.3. The van der Waals surface area contributed by atoms with E-state index in [0.29, 0.717) is 0 Å². The van der Waals surface area contributed by atoms with Crippen molar-refractivity contribution in [2.75, 3.05) is 0 Å². The molecule has 0 aliphatic heterocycles. The van der Waals surface area contributed by atoms with Gasteiger partial charge in [-0.3, -0.25) is 4.57 Å². The Balaban J connectivity index is 1.01. The van der Waals surface area contributed by atoms with Gasteiger partial charge in [0.15, 0.2) is 0 Å². The molecule has 5 heterocycles. The van der Waals surface area contributed by atoms with Crippen LogP contribution in [0, 0.1) is 0 Å². The van der Waals surface area contributed by atoms with Crippen LogP contribution < -0.4 is 0 Å². The fourth-order valence-electron chi connectivity index (χ4n) is 9.28. The fraction of sp³-hybridized carbons (Fsp3) is 0. The average Bonchev–Trinajstić information content (AvgIpc) is 4.03. The van der Waals surface area contributed by atoms with E-state index in [4.69, 9.17) is 4.98 Å². The van der Waals surface area contributed by atoms with Gasteiger partial charge in [0.1, 0.15) is 5.82 Å². The number of benzene rings is 8. The number of rotatable bonds is 4. The minimum absolute atomic E-state index is 0.902. The van der Waals surface area contributed by atoms with Crippen LogP contribution in [0.5, 0.6) is 0 Å². The van der Waals surface area contributed by atoms with Crippen LogP contribution in [0.25, 0.3) is 118 Å². The predicted molar refractivity (Wildman–Crippen MR) is 250 cm³/mol. The van der Waals surface area contributed by atoms with E-state index >= 15 is 0 Å². The lowest BCUT2D eigenvalue weighted by atomic mass is 10.0. The lowest BCUT2D eigenvalue weighted by molar-refractivity contribution is 1.08.